The first-order valence-corrected chi connectivity index (χ1v) is 31.0. The van der Waals surface area contributed by atoms with E-state index in [2.05, 4.69) is 33.2 Å². The van der Waals surface area contributed by atoms with E-state index in [4.69, 9.17) is 37.7 Å². The molecule has 25 heteroatoms. The molecule has 0 bridgehead atoms. The van der Waals surface area contributed by atoms with Crippen LogP contribution >= 0.6 is 0 Å². The van der Waals surface area contributed by atoms with Crippen LogP contribution in [0.2, 0.25) is 0 Å². The standard InChI is InChI=1S/C60H79N7O17S/c1-4-9-54-83-49-33-45-43-15-14-40-32-41(68)18-20-58(40,2)55(43)47(69)34-59(45,3)60(49,84-54)48(70)37-82-38-63-52(73)35-62-50(71)16-17-53(74)66-36-39-10-5-6-11-42(39)57-56(44-12-7-8-13-46(44)66)64-65-67(57)22-24-79-26-28-81-30-29-80-27-25-78-23-19-51(72)61-21-31-85(75,76)77/h5-8,10-13,18,20,32,43,45,47,49,54-55,69H,4,9,14-17,19,21-31,33-38H2,1-3H3,(H,61,72)(H,62,71)(H,63,73)(H,75,76,77)/t43-,45-,47-,49+,54?,55+,58-,59-,60+/m0/s1. The molecule has 2 aliphatic heterocycles. The predicted octanol–water partition coefficient (Wildman–Crippen LogP) is 3.64. The van der Waals surface area contributed by atoms with E-state index in [1.54, 1.807) is 21.7 Å². The van der Waals surface area contributed by atoms with Crippen LogP contribution in [0.4, 0.5) is 5.69 Å². The minimum atomic E-state index is -4.14. The molecule has 1 saturated heterocycles. The number of nitrogens with zero attached hydrogens (tertiary/aromatic N) is 4. The van der Waals surface area contributed by atoms with Gasteiger partial charge in [-0.15, -0.1) is 5.10 Å². The monoisotopic (exact) mass is 1200 g/mol. The summed E-state index contributed by atoms with van der Waals surface area (Å²) < 4.78 is 73.4. The molecule has 1 aromatic heterocycles. The Morgan fingerprint density at radius 3 is 2.27 bits per heavy atom. The molecule has 3 heterocycles. The number of hydrogen-bond acceptors (Lipinski definition) is 18. The first-order chi connectivity index (χ1) is 40.9. The lowest BCUT2D eigenvalue weighted by atomic mass is 9.46. The highest BCUT2D eigenvalue weighted by Crippen LogP contribution is 2.70. The van der Waals surface area contributed by atoms with Crippen molar-refractivity contribution in [2.24, 2.45) is 28.6 Å². The number of aliphatic hydroxyl groups excluding tert-OH is 1. The quantitative estimate of drug-likeness (QED) is 0.0361. The van der Waals surface area contributed by atoms with Crippen LogP contribution in [0, 0.1) is 28.6 Å². The molecular formula is C60H79N7O17S. The number of rotatable bonds is 30. The van der Waals surface area contributed by atoms with E-state index >= 15 is 0 Å². The van der Waals surface area contributed by atoms with Gasteiger partial charge in [0, 0.05) is 53.7 Å². The van der Waals surface area contributed by atoms with E-state index in [1.807, 2.05) is 68.5 Å². The van der Waals surface area contributed by atoms with Gasteiger partial charge in [-0.25, -0.2) is 4.68 Å². The molecule has 1 unspecified atom stereocenters. The summed E-state index contributed by atoms with van der Waals surface area (Å²) in [5, 5.41) is 28.8. The van der Waals surface area contributed by atoms with Gasteiger partial charge in [-0.05, 0) is 67.7 Å². The first-order valence-electron chi connectivity index (χ1n) is 29.4. The van der Waals surface area contributed by atoms with Gasteiger partial charge in [0.15, 0.2) is 23.5 Å². The van der Waals surface area contributed by atoms with Gasteiger partial charge in [0.2, 0.25) is 23.6 Å². The van der Waals surface area contributed by atoms with Crippen LogP contribution in [0.15, 0.2) is 72.3 Å². The normalized spacial score (nSPS) is 26.3. The first kappa shape index (κ1) is 63.4. The largest absolute Gasteiger partial charge is 0.393 e. The van der Waals surface area contributed by atoms with Gasteiger partial charge in [-0.1, -0.05) is 86.5 Å². The Labute approximate surface area is 494 Å². The Hall–Kier alpha value is -6.13. The van der Waals surface area contributed by atoms with Crippen LogP contribution in [-0.2, 0) is 85.1 Å². The Bertz CT molecular complexity index is 3100. The van der Waals surface area contributed by atoms with Crippen molar-refractivity contribution in [3.8, 4) is 22.5 Å². The highest BCUT2D eigenvalue weighted by molar-refractivity contribution is 7.85. The number of Topliss-reactive ketones (excluding diaryl/α,β-unsaturated/α-hetero) is 1. The van der Waals surface area contributed by atoms with Gasteiger partial charge in [0.25, 0.3) is 10.1 Å². The molecule has 2 aromatic carbocycles. The summed E-state index contributed by atoms with van der Waals surface area (Å²) in [7, 11) is -4.14. The number of carbonyl (C=O) groups excluding carboxylic acids is 6. The number of hydrogen-bond donors (Lipinski definition) is 5. The number of carbonyl (C=O) groups is 6. The zero-order valence-corrected chi connectivity index (χ0v) is 49.3. The highest BCUT2D eigenvalue weighted by Gasteiger charge is 2.75. The summed E-state index contributed by atoms with van der Waals surface area (Å²) in [6, 6.07) is 15.1. The molecule has 0 radical (unpaired) electrons. The highest BCUT2D eigenvalue weighted by atomic mass is 32.2. The second-order valence-corrected chi connectivity index (χ2v) is 24.5. The molecule has 0 spiro atoms. The molecule has 4 amide bonds. The maximum absolute atomic E-state index is 14.6. The van der Waals surface area contributed by atoms with Gasteiger partial charge >= 0.3 is 0 Å². The Morgan fingerprint density at radius 1 is 0.835 bits per heavy atom. The molecule has 9 atom stereocenters. The van der Waals surface area contributed by atoms with Crippen LogP contribution in [0.1, 0.15) is 84.1 Å². The average Bonchev–Trinajstić information content (AvgIpc) is 1.72. The Balaban J connectivity index is 0.703. The minimum absolute atomic E-state index is 0.000371. The fraction of sp³-hybridized carbons (Fsp3) is 0.600. The third kappa shape index (κ3) is 14.3. The van der Waals surface area contributed by atoms with Crippen LogP contribution in [-0.4, -0.2) is 177 Å². The fourth-order valence-corrected chi connectivity index (χ4v) is 14.1. The van der Waals surface area contributed by atoms with Crippen molar-refractivity contribution in [2.75, 3.05) is 89.9 Å². The molecule has 5 N–H and O–H groups in total. The molecule has 6 aliphatic rings. The minimum Gasteiger partial charge on any atom is -0.393 e. The third-order valence-corrected chi connectivity index (χ3v) is 18.4. The number of amides is 4. The molecule has 3 saturated carbocycles. The van der Waals surface area contributed by atoms with Crippen LogP contribution in [0.5, 0.6) is 0 Å². The van der Waals surface area contributed by atoms with Crippen molar-refractivity contribution in [1.82, 2.24) is 30.9 Å². The predicted molar refractivity (Wildman–Crippen MR) is 306 cm³/mol. The Kier molecular flexibility index (Phi) is 21.0. The molecule has 85 heavy (non-hydrogen) atoms. The zero-order valence-electron chi connectivity index (χ0n) is 48.5. The number of ketones is 2. The number of aliphatic hydroxyl groups is 1. The SMILES string of the molecule is CCCC1O[C@@H]2C[C@H]3[C@@H]4CCC5=CC(=O)C=C[C@]5(C)[C@H]4[C@@H](O)C[C@]3(C)[C@]2(C(=O)COCNC(=O)CNC(=O)CCC(=O)N2Cc3ccccc3-c3c(nnn3CCOCCOCCOCCOCCC(=O)NCCS(=O)(=O)O)-c3ccccc32)O1. The molecule has 462 valence electrons. The summed E-state index contributed by atoms with van der Waals surface area (Å²) in [5.41, 5.74) is 2.69. The van der Waals surface area contributed by atoms with Crippen molar-refractivity contribution in [2.45, 2.75) is 116 Å². The molecule has 9 rings (SSSR count). The smallest absolute Gasteiger partial charge is 0.266 e. The second kappa shape index (κ2) is 28.1. The van der Waals surface area contributed by atoms with Gasteiger partial charge in [-0.2, -0.15) is 8.42 Å². The summed E-state index contributed by atoms with van der Waals surface area (Å²) in [6.45, 7) is 7.77. The lowest BCUT2D eigenvalue weighted by molar-refractivity contribution is -0.201. The molecule has 24 nitrogen and oxygen atoms in total. The van der Waals surface area contributed by atoms with Crippen molar-refractivity contribution in [1.29, 1.82) is 0 Å². The van der Waals surface area contributed by atoms with Crippen molar-refractivity contribution in [3.05, 3.63) is 77.9 Å². The number of para-hydroxylation sites is 1. The molecular weight excluding hydrogens is 1120 g/mol. The van der Waals surface area contributed by atoms with Crippen molar-refractivity contribution >= 4 is 51.0 Å². The van der Waals surface area contributed by atoms with Crippen LogP contribution in [0.25, 0.3) is 22.5 Å². The Morgan fingerprint density at radius 2 is 1.53 bits per heavy atom. The fourth-order valence-electron chi connectivity index (χ4n) is 13.8. The maximum Gasteiger partial charge on any atom is 0.266 e. The van der Waals surface area contributed by atoms with Crippen molar-refractivity contribution < 1.29 is 80.0 Å². The topological polar surface area (TPSA) is 312 Å². The van der Waals surface area contributed by atoms with Crippen LogP contribution < -0.4 is 20.9 Å². The van der Waals surface area contributed by atoms with E-state index in [9.17, 15) is 42.3 Å². The number of anilines is 1. The van der Waals surface area contributed by atoms with Gasteiger partial charge in [-0.3, -0.25) is 33.3 Å². The second-order valence-electron chi connectivity index (χ2n) is 22.9. The van der Waals surface area contributed by atoms with E-state index in [0.29, 0.717) is 82.4 Å². The lowest BCUT2D eigenvalue weighted by Gasteiger charge is -2.59. The average molecular weight is 1200 g/mol. The van der Waals surface area contributed by atoms with Gasteiger partial charge in [0.05, 0.1) is 102 Å². The van der Waals surface area contributed by atoms with E-state index in [-0.39, 0.29) is 107 Å². The summed E-state index contributed by atoms with van der Waals surface area (Å²) >= 11 is 0. The lowest BCUT2D eigenvalue weighted by Crippen LogP contribution is -2.63. The molecule has 4 fully saturated rings. The van der Waals surface area contributed by atoms with E-state index < -0.39 is 62.6 Å². The number of benzene rings is 2. The number of allylic oxidation sites excluding steroid dienone is 4. The molecule has 4 aliphatic carbocycles. The van der Waals surface area contributed by atoms with E-state index in [0.717, 1.165) is 41.7 Å². The number of fused-ring (bicyclic) bond motifs is 12. The van der Waals surface area contributed by atoms with Gasteiger partial charge < -0.3 is 59.1 Å². The summed E-state index contributed by atoms with van der Waals surface area (Å²) in [4.78, 5) is 80.7. The van der Waals surface area contributed by atoms with E-state index in [1.165, 1.54) is 0 Å². The number of ether oxygens (including phenoxy) is 7. The number of aromatic nitrogens is 3. The van der Waals surface area contributed by atoms with Gasteiger partial charge in [0.1, 0.15) is 19.0 Å². The molecule has 3 aromatic rings. The summed E-state index contributed by atoms with van der Waals surface area (Å²) in [5.74, 6) is -2.75. The summed E-state index contributed by atoms with van der Waals surface area (Å²) in [6.07, 6.45) is 6.85. The maximum atomic E-state index is 14.6. The van der Waals surface area contributed by atoms with Crippen molar-refractivity contribution in [3.63, 3.8) is 0 Å². The van der Waals surface area contributed by atoms with Crippen LogP contribution in [0.3, 0.4) is 0 Å². The zero-order chi connectivity index (χ0) is 60.4. The number of nitrogens with one attached hydrogen (secondary N) is 3. The third-order valence-electron chi connectivity index (χ3n) is 17.7.